The molecule has 0 aliphatic carbocycles. The molecule has 34 heavy (non-hydrogen) atoms. The molecule has 0 saturated heterocycles. The van der Waals surface area contributed by atoms with Gasteiger partial charge in [0.1, 0.15) is 0 Å². The van der Waals surface area contributed by atoms with Crippen LogP contribution in [-0.2, 0) is 16.6 Å². The van der Waals surface area contributed by atoms with Crippen LogP contribution in [0.3, 0.4) is 0 Å². The van der Waals surface area contributed by atoms with Crippen LogP contribution in [0.25, 0.3) is 21.8 Å². The van der Waals surface area contributed by atoms with Gasteiger partial charge in [0.25, 0.3) is 10.0 Å². The fraction of sp³-hybridized carbons (Fsp3) is 0.370. The predicted octanol–water partition coefficient (Wildman–Crippen LogP) is 5.03. The van der Waals surface area contributed by atoms with Crippen LogP contribution in [0.4, 0.5) is 0 Å². The van der Waals surface area contributed by atoms with E-state index in [9.17, 15) is 8.42 Å². The molecular formula is C27H34N4O2S. The lowest BCUT2D eigenvalue weighted by molar-refractivity contribution is 0.290. The van der Waals surface area contributed by atoms with Crippen molar-refractivity contribution in [3.63, 3.8) is 0 Å². The lowest BCUT2D eigenvalue weighted by atomic mass is 10.1. The van der Waals surface area contributed by atoms with Crippen molar-refractivity contribution in [3.8, 4) is 0 Å². The highest BCUT2D eigenvalue weighted by Gasteiger charge is 2.22. The Morgan fingerprint density at radius 3 is 2.41 bits per heavy atom. The minimum Gasteiger partial charge on any atom is -0.309 e. The van der Waals surface area contributed by atoms with E-state index in [0.29, 0.717) is 18.1 Å². The van der Waals surface area contributed by atoms with Crippen molar-refractivity contribution in [2.75, 3.05) is 19.6 Å². The van der Waals surface area contributed by atoms with Gasteiger partial charge in [-0.05, 0) is 63.7 Å². The summed E-state index contributed by atoms with van der Waals surface area (Å²) in [6.07, 6.45) is 3.82. The SMILES string of the molecule is CCN(CC)CCCC(C)NCc1nc2ccccc2c2ccn(S(=O)(=O)c3ccccc3)c12. The second kappa shape index (κ2) is 10.7. The molecule has 1 unspecified atom stereocenters. The minimum absolute atomic E-state index is 0.268. The smallest absolute Gasteiger partial charge is 0.268 e. The average Bonchev–Trinajstić information content (AvgIpc) is 3.32. The molecule has 6 nitrogen and oxygen atoms in total. The molecule has 0 spiro atoms. The first-order valence-electron chi connectivity index (χ1n) is 12.1. The Hall–Kier alpha value is -2.74. The molecule has 0 saturated carbocycles. The van der Waals surface area contributed by atoms with Gasteiger partial charge in [0.05, 0.1) is 21.6 Å². The van der Waals surface area contributed by atoms with Crippen LogP contribution >= 0.6 is 0 Å². The maximum Gasteiger partial charge on any atom is 0.268 e. The van der Waals surface area contributed by atoms with E-state index in [1.54, 1.807) is 30.5 Å². The molecular weight excluding hydrogens is 444 g/mol. The Labute approximate surface area is 202 Å². The zero-order valence-electron chi connectivity index (χ0n) is 20.2. The van der Waals surface area contributed by atoms with E-state index in [0.717, 1.165) is 54.5 Å². The monoisotopic (exact) mass is 478 g/mol. The third-order valence-electron chi connectivity index (χ3n) is 6.50. The van der Waals surface area contributed by atoms with Crippen LogP contribution in [0.2, 0.25) is 0 Å². The van der Waals surface area contributed by atoms with Crippen LogP contribution in [0.5, 0.6) is 0 Å². The Morgan fingerprint density at radius 2 is 1.68 bits per heavy atom. The van der Waals surface area contributed by atoms with E-state index in [4.69, 9.17) is 4.98 Å². The van der Waals surface area contributed by atoms with Gasteiger partial charge >= 0.3 is 0 Å². The predicted molar refractivity (Wildman–Crippen MR) is 140 cm³/mol. The molecule has 2 heterocycles. The summed E-state index contributed by atoms with van der Waals surface area (Å²) in [5.74, 6) is 0. The molecule has 0 aliphatic rings. The maximum absolute atomic E-state index is 13.5. The molecule has 0 radical (unpaired) electrons. The van der Waals surface area contributed by atoms with E-state index in [-0.39, 0.29) is 4.90 Å². The second-order valence-corrected chi connectivity index (χ2v) is 10.5. The van der Waals surface area contributed by atoms with E-state index >= 15 is 0 Å². The van der Waals surface area contributed by atoms with E-state index in [2.05, 4.69) is 31.0 Å². The van der Waals surface area contributed by atoms with Gasteiger partial charge in [0, 0.05) is 29.6 Å². The summed E-state index contributed by atoms with van der Waals surface area (Å²) in [5, 5.41) is 5.44. The fourth-order valence-corrected chi connectivity index (χ4v) is 5.87. The number of aromatic nitrogens is 2. The van der Waals surface area contributed by atoms with Crippen molar-refractivity contribution in [2.45, 2.75) is 51.1 Å². The van der Waals surface area contributed by atoms with E-state index in [1.165, 1.54) is 3.97 Å². The number of pyridine rings is 1. The van der Waals surface area contributed by atoms with Crippen molar-refractivity contribution in [1.82, 2.24) is 19.2 Å². The lowest BCUT2D eigenvalue weighted by Gasteiger charge is -2.20. The van der Waals surface area contributed by atoms with Crippen LogP contribution in [0, 0.1) is 0 Å². The van der Waals surface area contributed by atoms with Crippen molar-refractivity contribution >= 4 is 31.8 Å². The van der Waals surface area contributed by atoms with Crippen molar-refractivity contribution in [2.24, 2.45) is 0 Å². The van der Waals surface area contributed by atoms with Crippen LogP contribution < -0.4 is 5.32 Å². The summed E-state index contributed by atoms with van der Waals surface area (Å²) in [4.78, 5) is 7.60. The lowest BCUT2D eigenvalue weighted by Crippen LogP contribution is -2.29. The molecule has 180 valence electrons. The number of rotatable bonds is 11. The van der Waals surface area contributed by atoms with Crippen molar-refractivity contribution in [1.29, 1.82) is 0 Å². The highest BCUT2D eigenvalue weighted by Crippen LogP contribution is 2.30. The quantitative estimate of drug-likeness (QED) is 0.328. The minimum atomic E-state index is -3.74. The third-order valence-corrected chi connectivity index (χ3v) is 8.19. The van der Waals surface area contributed by atoms with Gasteiger partial charge in [-0.15, -0.1) is 0 Å². The first kappa shape index (κ1) is 24.4. The fourth-order valence-electron chi connectivity index (χ4n) is 4.48. The van der Waals surface area contributed by atoms with Gasteiger partial charge in [-0.1, -0.05) is 50.2 Å². The van der Waals surface area contributed by atoms with Gasteiger partial charge in [-0.2, -0.15) is 0 Å². The molecule has 4 rings (SSSR count). The largest absolute Gasteiger partial charge is 0.309 e. The molecule has 2 aromatic carbocycles. The molecule has 7 heteroatoms. The normalized spacial score (nSPS) is 13.2. The van der Waals surface area contributed by atoms with Gasteiger partial charge in [0.2, 0.25) is 0 Å². The summed E-state index contributed by atoms with van der Waals surface area (Å²) in [6, 6.07) is 18.7. The zero-order chi connectivity index (χ0) is 24.1. The summed E-state index contributed by atoms with van der Waals surface area (Å²) in [5.41, 5.74) is 2.26. The molecule has 0 amide bonds. The molecule has 0 aliphatic heterocycles. The maximum atomic E-state index is 13.5. The second-order valence-electron chi connectivity index (χ2n) is 8.72. The summed E-state index contributed by atoms with van der Waals surface area (Å²) in [7, 11) is -3.74. The Morgan fingerprint density at radius 1 is 0.971 bits per heavy atom. The first-order valence-corrected chi connectivity index (χ1v) is 13.5. The number of hydrogen-bond donors (Lipinski definition) is 1. The summed E-state index contributed by atoms with van der Waals surface area (Å²) in [6.45, 7) is 10.3. The Kier molecular flexibility index (Phi) is 7.66. The van der Waals surface area contributed by atoms with Gasteiger partial charge in [-0.25, -0.2) is 17.4 Å². The highest BCUT2D eigenvalue weighted by atomic mass is 32.2. The van der Waals surface area contributed by atoms with Crippen LogP contribution in [0.1, 0.15) is 39.3 Å². The van der Waals surface area contributed by atoms with Crippen LogP contribution in [-0.4, -0.2) is 48.0 Å². The van der Waals surface area contributed by atoms with Gasteiger partial charge < -0.3 is 10.2 Å². The van der Waals surface area contributed by atoms with E-state index < -0.39 is 10.0 Å². The number of para-hydroxylation sites is 1. The molecule has 1 atom stereocenters. The Bertz CT molecular complexity index is 1350. The number of nitrogens with one attached hydrogen (secondary N) is 1. The number of nitrogens with zero attached hydrogens (tertiary/aromatic N) is 3. The summed E-state index contributed by atoms with van der Waals surface area (Å²) >= 11 is 0. The zero-order valence-corrected chi connectivity index (χ0v) is 21.1. The number of benzene rings is 2. The molecule has 0 bridgehead atoms. The highest BCUT2D eigenvalue weighted by molar-refractivity contribution is 7.90. The topological polar surface area (TPSA) is 67.2 Å². The van der Waals surface area contributed by atoms with Crippen molar-refractivity contribution in [3.05, 3.63) is 72.6 Å². The number of fused-ring (bicyclic) bond motifs is 3. The average molecular weight is 479 g/mol. The molecule has 2 aromatic heterocycles. The standard InChI is InChI=1S/C27H34N4O2S/c1-4-30(5-2)18-11-12-21(3)28-20-26-27-24(23-15-9-10-16-25(23)29-26)17-19-31(27)34(32,33)22-13-7-6-8-14-22/h6-10,13-17,19,21,28H,4-5,11-12,18,20H2,1-3H3. The molecule has 0 fully saturated rings. The van der Waals surface area contributed by atoms with Gasteiger partial charge in [0.15, 0.2) is 0 Å². The molecule has 1 N–H and O–H groups in total. The molecule has 4 aromatic rings. The third kappa shape index (κ3) is 5.02. The van der Waals surface area contributed by atoms with Crippen LogP contribution in [0.15, 0.2) is 71.8 Å². The van der Waals surface area contributed by atoms with E-state index in [1.807, 2.05) is 36.4 Å². The van der Waals surface area contributed by atoms with Gasteiger partial charge in [-0.3, -0.25) is 0 Å². The van der Waals surface area contributed by atoms with Crippen molar-refractivity contribution < 1.29 is 8.42 Å². The first-order chi connectivity index (χ1) is 16.5. The Balaban J connectivity index is 1.66. The number of hydrogen-bond acceptors (Lipinski definition) is 5. The summed E-state index contributed by atoms with van der Waals surface area (Å²) < 4.78 is 28.4.